The molecule has 0 aliphatic heterocycles. The van der Waals surface area contributed by atoms with Crippen molar-refractivity contribution in [3.8, 4) is 0 Å². The first-order chi connectivity index (χ1) is 18.6. The Morgan fingerprint density at radius 1 is 1.21 bits per heavy atom. The molecule has 0 bridgehead atoms. The highest BCUT2D eigenvalue weighted by Crippen LogP contribution is 2.29. The normalized spacial score (nSPS) is 12.5. The third kappa shape index (κ3) is 9.09. The Hall–Kier alpha value is -4.48. The number of ether oxygens (including phenoxy) is 1. The molecule has 208 valence electrons. The number of benzene rings is 1. The number of aliphatic hydroxyl groups is 1. The second-order valence-corrected chi connectivity index (χ2v) is 10.0. The summed E-state index contributed by atoms with van der Waals surface area (Å²) in [6.07, 6.45) is 5.99. The average molecular weight is 538 g/mol. The number of nitrogens with two attached hydrogens (primary N) is 1. The van der Waals surface area contributed by atoms with E-state index in [0.717, 1.165) is 30.5 Å². The van der Waals surface area contributed by atoms with E-state index in [-0.39, 0.29) is 28.6 Å². The predicted octanol–water partition coefficient (Wildman–Crippen LogP) is 3.37. The van der Waals surface area contributed by atoms with Gasteiger partial charge < -0.3 is 26.2 Å². The average Bonchev–Trinajstić information content (AvgIpc) is 2.84. The smallest absolute Gasteiger partial charge is 0.293 e. The van der Waals surface area contributed by atoms with Gasteiger partial charge in [0.2, 0.25) is 5.95 Å². The Kier molecular flexibility index (Phi) is 9.96. The lowest BCUT2D eigenvalue weighted by Crippen LogP contribution is -2.24. The van der Waals surface area contributed by atoms with Crippen molar-refractivity contribution in [3.63, 3.8) is 0 Å². The first-order valence-electron chi connectivity index (χ1n) is 12.7. The number of hydrogen-bond donors (Lipinski definition) is 5. The summed E-state index contributed by atoms with van der Waals surface area (Å²) in [6.45, 7) is 6.78. The molecule has 1 fully saturated rings. The molecule has 4 rings (SSSR count). The molecule has 12 heteroatoms. The molecule has 0 atom stereocenters. The van der Waals surface area contributed by atoms with Crippen LogP contribution in [-0.4, -0.2) is 49.6 Å². The standard InChI is InChI=1S/C22H25N7O3.C5H10O2/c23-22-28-19-18(21(32)29-22)27-16(12-26-19)11-25-15-8-6-14(7-9-15)20(31)24-10-2-5-17(30)13-3-1-4-13;1-5(2,3)7-4-6/h6-9,12,25,30H,1-5,10-11H2,(H,24,31)(H3,23,26,28,29,32);4H,1-3H3. The summed E-state index contributed by atoms with van der Waals surface area (Å²) in [5.74, 6) is 0.330. The van der Waals surface area contributed by atoms with Crippen molar-refractivity contribution in [2.45, 2.75) is 65.0 Å². The lowest BCUT2D eigenvalue weighted by Gasteiger charge is -2.18. The van der Waals surface area contributed by atoms with Gasteiger partial charge in [-0.3, -0.25) is 19.4 Å². The molecule has 1 amide bonds. The number of carbonyl (C=O) groups is 2. The molecule has 0 radical (unpaired) electrons. The van der Waals surface area contributed by atoms with Crippen molar-refractivity contribution >= 4 is 35.2 Å². The number of amides is 1. The number of aliphatic hydroxyl groups excluding tert-OH is 1. The number of rotatable bonds is 9. The number of H-pyrrole nitrogens is 1. The van der Waals surface area contributed by atoms with Crippen LogP contribution in [0.1, 0.15) is 68.9 Å². The Balaban J connectivity index is 0.000000532. The van der Waals surface area contributed by atoms with Gasteiger partial charge in [0.05, 0.1) is 24.2 Å². The van der Waals surface area contributed by atoms with Crippen molar-refractivity contribution in [2.24, 2.45) is 0 Å². The third-order valence-corrected chi connectivity index (χ3v) is 5.75. The van der Waals surface area contributed by atoms with Crippen molar-refractivity contribution in [2.75, 3.05) is 17.6 Å². The van der Waals surface area contributed by atoms with E-state index in [1.54, 1.807) is 24.3 Å². The minimum Gasteiger partial charge on any atom is -0.512 e. The van der Waals surface area contributed by atoms with Gasteiger partial charge in [-0.15, -0.1) is 0 Å². The van der Waals surface area contributed by atoms with Crippen LogP contribution in [0, 0.1) is 0 Å². The Morgan fingerprint density at radius 2 is 1.92 bits per heavy atom. The van der Waals surface area contributed by atoms with Gasteiger partial charge >= 0.3 is 0 Å². The van der Waals surface area contributed by atoms with E-state index in [2.05, 4.69) is 35.3 Å². The fraction of sp³-hybridized carbons (Fsp3) is 0.407. The number of nitrogens with one attached hydrogen (secondary N) is 3. The minimum absolute atomic E-state index is 0.00375. The molecule has 1 aromatic carbocycles. The van der Waals surface area contributed by atoms with Gasteiger partial charge in [-0.2, -0.15) is 4.98 Å². The Labute approximate surface area is 226 Å². The quantitative estimate of drug-likeness (QED) is 0.154. The van der Waals surface area contributed by atoms with Gasteiger partial charge in [0.1, 0.15) is 5.60 Å². The van der Waals surface area contributed by atoms with Crippen molar-refractivity contribution in [3.05, 3.63) is 63.4 Å². The van der Waals surface area contributed by atoms with E-state index in [9.17, 15) is 19.5 Å². The van der Waals surface area contributed by atoms with Gasteiger partial charge in [0.15, 0.2) is 11.2 Å². The summed E-state index contributed by atoms with van der Waals surface area (Å²) in [4.78, 5) is 48.6. The van der Waals surface area contributed by atoms with Crippen molar-refractivity contribution in [1.82, 2.24) is 25.3 Å². The van der Waals surface area contributed by atoms with Crippen LogP contribution in [0.25, 0.3) is 11.2 Å². The maximum Gasteiger partial charge on any atom is 0.293 e. The van der Waals surface area contributed by atoms with Crippen LogP contribution in [0.5, 0.6) is 0 Å². The predicted molar refractivity (Wildman–Crippen MR) is 148 cm³/mol. The number of allylic oxidation sites excluding steroid dienone is 2. The van der Waals surface area contributed by atoms with E-state index in [4.69, 9.17) is 5.73 Å². The number of carbonyl (C=O) groups excluding carboxylic acids is 2. The number of hydrogen-bond acceptors (Lipinski definition) is 10. The molecule has 0 spiro atoms. The fourth-order valence-electron chi connectivity index (χ4n) is 3.51. The van der Waals surface area contributed by atoms with E-state index in [0.29, 0.717) is 49.4 Å². The summed E-state index contributed by atoms with van der Waals surface area (Å²) >= 11 is 0. The number of nitrogens with zero attached hydrogens (tertiary/aromatic N) is 3. The second kappa shape index (κ2) is 13.4. The second-order valence-electron chi connectivity index (χ2n) is 10.0. The summed E-state index contributed by atoms with van der Waals surface area (Å²) in [6, 6.07) is 7.06. The van der Waals surface area contributed by atoms with Gasteiger partial charge in [-0.25, -0.2) is 9.97 Å². The van der Waals surface area contributed by atoms with Gasteiger partial charge in [-0.05, 0) is 76.3 Å². The topological polar surface area (TPSA) is 185 Å². The number of nitrogen functional groups attached to an aromatic ring is 1. The molecule has 12 nitrogen and oxygen atoms in total. The Bertz CT molecular complexity index is 1370. The summed E-state index contributed by atoms with van der Waals surface area (Å²) in [7, 11) is 0. The van der Waals surface area contributed by atoms with Crippen LogP contribution in [0.3, 0.4) is 0 Å². The molecular formula is C27H35N7O5. The highest BCUT2D eigenvalue weighted by Gasteiger charge is 2.14. The number of aromatic nitrogens is 4. The van der Waals surface area contributed by atoms with Crippen LogP contribution in [0.15, 0.2) is 46.6 Å². The zero-order chi connectivity index (χ0) is 28.4. The number of aromatic amines is 1. The van der Waals surface area contributed by atoms with Crippen LogP contribution >= 0.6 is 0 Å². The summed E-state index contributed by atoms with van der Waals surface area (Å²) in [5, 5.41) is 16.0. The van der Waals surface area contributed by atoms with Crippen LogP contribution in [0.2, 0.25) is 0 Å². The first-order valence-corrected chi connectivity index (χ1v) is 12.7. The van der Waals surface area contributed by atoms with E-state index < -0.39 is 5.56 Å². The monoisotopic (exact) mass is 537 g/mol. The number of fused-ring (bicyclic) bond motifs is 1. The minimum atomic E-state index is -0.438. The third-order valence-electron chi connectivity index (χ3n) is 5.75. The molecule has 0 unspecified atom stereocenters. The lowest BCUT2D eigenvalue weighted by molar-refractivity contribution is -0.138. The molecule has 39 heavy (non-hydrogen) atoms. The largest absolute Gasteiger partial charge is 0.512 e. The molecule has 3 aromatic rings. The molecule has 6 N–H and O–H groups in total. The lowest BCUT2D eigenvalue weighted by atomic mass is 9.90. The molecule has 1 aliphatic rings. The number of anilines is 2. The fourth-order valence-corrected chi connectivity index (χ4v) is 3.51. The zero-order valence-electron chi connectivity index (χ0n) is 22.4. The van der Waals surface area contributed by atoms with Gasteiger partial charge in [-0.1, -0.05) is 0 Å². The zero-order valence-corrected chi connectivity index (χ0v) is 22.4. The van der Waals surface area contributed by atoms with Gasteiger partial charge in [0.25, 0.3) is 17.9 Å². The molecule has 1 aliphatic carbocycles. The first kappa shape index (κ1) is 29.1. The van der Waals surface area contributed by atoms with Crippen LogP contribution in [0.4, 0.5) is 11.6 Å². The van der Waals surface area contributed by atoms with Crippen molar-refractivity contribution in [1.29, 1.82) is 0 Å². The molecule has 1 saturated carbocycles. The maximum atomic E-state index is 12.3. The van der Waals surface area contributed by atoms with E-state index in [1.807, 2.05) is 20.8 Å². The van der Waals surface area contributed by atoms with Gasteiger partial charge in [0, 0.05) is 24.2 Å². The maximum absolute atomic E-state index is 12.3. The molecule has 0 saturated heterocycles. The molecular weight excluding hydrogens is 502 g/mol. The molecule has 2 heterocycles. The highest BCUT2D eigenvalue weighted by atomic mass is 16.5. The molecule has 2 aromatic heterocycles. The SMILES string of the molecule is CC(C)(C)OC=O.Nc1nc2ncc(CNc3ccc(C(=O)NCCCC(O)=C4CCC4)cc3)nc2c(=O)[nH]1. The van der Waals surface area contributed by atoms with Crippen LogP contribution < -0.4 is 21.9 Å². The summed E-state index contributed by atoms with van der Waals surface area (Å²) in [5.41, 5.74) is 8.15. The van der Waals surface area contributed by atoms with Crippen LogP contribution in [-0.2, 0) is 16.1 Å². The van der Waals surface area contributed by atoms with Crippen molar-refractivity contribution < 1.29 is 19.4 Å². The Morgan fingerprint density at radius 3 is 2.51 bits per heavy atom. The van der Waals surface area contributed by atoms with E-state index >= 15 is 0 Å². The summed E-state index contributed by atoms with van der Waals surface area (Å²) < 4.78 is 4.55. The van der Waals surface area contributed by atoms with E-state index in [1.165, 1.54) is 6.20 Å². The highest BCUT2D eigenvalue weighted by molar-refractivity contribution is 5.94.